The molecule has 1 aromatic heterocycles. The summed E-state index contributed by atoms with van der Waals surface area (Å²) in [7, 11) is 0. The van der Waals surface area contributed by atoms with E-state index in [1.165, 1.54) is 11.3 Å². The molecule has 9 heteroatoms. The Hall–Kier alpha value is -2.65. The van der Waals surface area contributed by atoms with E-state index in [4.69, 9.17) is 26.4 Å². The summed E-state index contributed by atoms with van der Waals surface area (Å²) in [6, 6.07) is 4.87. The molecule has 0 fully saturated rings. The normalized spacial score (nSPS) is 11.8. The standard InChI is InChI=1S/C18H18N2O5S2/c1-4-23-17(22)14-9(2)10(3)27-16(14)20-18(26)19-15(21)11-5-6-12-13(7-11)25-8-24-12/h5-7H,4,8H2,1-3H3,(H2,19,20,21,26). The van der Waals surface area contributed by atoms with Gasteiger partial charge in [-0.2, -0.15) is 0 Å². The van der Waals surface area contributed by atoms with Crippen LogP contribution in [-0.2, 0) is 4.74 Å². The summed E-state index contributed by atoms with van der Waals surface area (Å²) in [6.45, 7) is 5.90. The number of ether oxygens (including phenoxy) is 3. The molecule has 1 aromatic carbocycles. The molecule has 2 aromatic rings. The zero-order valence-corrected chi connectivity index (χ0v) is 16.6. The summed E-state index contributed by atoms with van der Waals surface area (Å²) in [5, 5.41) is 6.16. The Labute approximate surface area is 165 Å². The van der Waals surface area contributed by atoms with Crippen LogP contribution in [0.25, 0.3) is 0 Å². The van der Waals surface area contributed by atoms with Crippen LogP contribution in [0.2, 0.25) is 0 Å². The average Bonchev–Trinajstić information content (AvgIpc) is 3.19. The summed E-state index contributed by atoms with van der Waals surface area (Å²) in [4.78, 5) is 25.6. The van der Waals surface area contributed by atoms with Gasteiger partial charge in [-0.3, -0.25) is 10.1 Å². The summed E-state index contributed by atoms with van der Waals surface area (Å²) in [6.07, 6.45) is 0. The Morgan fingerprint density at radius 1 is 1.26 bits per heavy atom. The molecule has 27 heavy (non-hydrogen) atoms. The van der Waals surface area contributed by atoms with Crippen LogP contribution >= 0.6 is 23.6 Å². The predicted octanol–water partition coefficient (Wildman–Crippen LogP) is 3.40. The predicted molar refractivity (Wildman–Crippen MR) is 106 cm³/mol. The minimum Gasteiger partial charge on any atom is -0.462 e. The molecule has 0 unspecified atom stereocenters. The molecule has 0 radical (unpaired) electrons. The fraction of sp³-hybridized carbons (Fsp3) is 0.278. The molecule has 142 valence electrons. The number of rotatable bonds is 4. The number of amides is 1. The van der Waals surface area contributed by atoms with Gasteiger partial charge in [-0.1, -0.05) is 0 Å². The van der Waals surface area contributed by atoms with E-state index in [-0.39, 0.29) is 18.5 Å². The van der Waals surface area contributed by atoms with E-state index < -0.39 is 11.9 Å². The van der Waals surface area contributed by atoms with Crippen LogP contribution in [0.5, 0.6) is 11.5 Å². The van der Waals surface area contributed by atoms with E-state index in [9.17, 15) is 9.59 Å². The molecule has 2 heterocycles. The van der Waals surface area contributed by atoms with Gasteiger partial charge in [0.1, 0.15) is 5.00 Å². The van der Waals surface area contributed by atoms with Gasteiger partial charge >= 0.3 is 5.97 Å². The van der Waals surface area contributed by atoms with Gasteiger partial charge in [-0.05, 0) is 56.8 Å². The summed E-state index contributed by atoms with van der Waals surface area (Å²) in [5.74, 6) is 0.284. The summed E-state index contributed by atoms with van der Waals surface area (Å²) in [5.41, 5.74) is 1.64. The molecule has 0 saturated heterocycles. The van der Waals surface area contributed by atoms with Crippen molar-refractivity contribution in [3.63, 3.8) is 0 Å². The Morgan fingerprint density at radius 3 is 2.74 bits per heavy atom. The van der Waals surface area contributed by atoms with E-state index in [1.807, 2.05) is 13.8 Å². The number of carbonyl (C=O) groups excluding carboxylic acids is 2. The van der Waals surface area contributed by atoms with Crippen LogP contribution in [0.4, 0.5) is 5.00 Å². The van der Waals surface area contributed by atoms with Crippen LogP contribution in [0, 0.1) is 13.8 Å². The molecule has 1 aliphatic rings. The van der Waals surface area contributed by atoms with E-state index in [2.05, 4.69) is 10.6 Å². The third kappa shape index (κ3) is 4.04. The highest BCUT2D eigenvalue weighted by atomic mass is 32.1. The summed E-state index contributed by atoms with van der Waals surface area (Å²) < 4.78 is 15.6. The number of fused-ring (bicyclic) bond motifs is 1. The smallest absolute Gasteiger partial charge is 0.341 e. The zero-order valence-electron chi connectivity index (χ0n) is 15.0. The zero-order chi connectivity index (χ0) is 19.6. The first-order valence-electron chi connectivity index (χ1n) is 8.19. The number of aryl methyl sites for hydroxylation is 1. The first-order chi connectivity index (χ1) is 12.9. The lowest BCUT2D eigenvalue weighted by Crippen LogP contribution is -2.34. The molecule has 0 saturated carbocycles. The van der Waals surface area contributed by atoms with E-state index in [1.54, 1.807) is 25.1 Å². The van der Waals surface area contributed by atoms with Crippen molar-refractivity contribution in [2.75, 3.05) is 18.7 Å². The molecular formula is C18H18N2O5S2. The Morgan fingerprint density at radius 2 is 2.00 bits per heavy atom. The first-order valence-corrected chi connectivity index (χ1v) is 9.42. The van der Waals surface area contributed by atoms with Gasteiger partial charge in [0.15, 0.2) is 16.6 Å². The largest absolute Gasteiger partial charge is 0.462 e. The fourth-order valence-corrected chi connectivity index (χ4v) is 3.82. The number of thiocarbonyl (C=S) groups is 1. The average molecular weight is 406 g/mol. The number of nitrogens with one attached hydrogen (secondary N) is 2. The molecule has 3 rings (SSSR count). The van der Waals surface area contributed by atoms with Gasteiger partial charge in [-0.25, -0.2) is 4.79 Å². The van der Waals surface area contributed by atoms with Crippen molar-refractivity contribution in [1.82, 2.24) is 5.32 Å². The topological polar surface area (TPSA) is 85.9 Å². The van der Waals surface area contributed by atoms with Gasteiger partial charge in [0, 0.05) is 10.4 Å². The first kappa shape index (κ1) is 19.1. The lowest BCUT2D eigenvalue weighted by Gasteiger charge is -2.10. The van der Waals surface area contributed by atoms with Gasteiger partial charge in [-0.15, -0.1) is 11.3 Å². The lowest BCUT2D eigenvalue weighted by atomic mass is 10.1. The number of carbonyl (C=O) groups is 2. The maximum atomic E-state index is 12.4. The SMILES string of the molecule is CCOC(=O)c1c(NC(=S)NC(=O)c2ccc3c(c2)OCO3)sc(C)c1C. The van der Waals surface area contributed by atoms with Gasteiger partial charge in [0.2, 0.25) is 6.79 Å². The lowest BCUT2D eigenvalue weighted by molar-refractivity contribution is 0.0527. The Bertz CT molecular complexity index is 923. The molecule has 1 amide bonds. The Kier molecular flexibility index (Phi) is 5.62. The second-order valence-electron chi connectivity index (χ2n) is 5.68. The minimum absolute atomic E-state index is 0.0875. The molecular weight excluding hydrogens is 388 g/mol. The highest BCUT2D eigenvalue weighted by Gasteiger charge is 2.22. The number of benzene rings is 1. The van der Waals surface area contributed by atoms with Crippen molar-refractivity contribution in [2.45, 2.75) is 20.8 Å². The number of esters is 1. The number of hydrogen-bond donors (Lipinski definition) is 2. The van der Waals surface area contributed by atoms with Crippen molar-refractivity contribution < 1.29 is 23.8 Å². The quantitative estimate of drug-likeness (QED) is 0.594. The number of thiophene rings is 1. The van der Waals surface area contributed by atoms with Crippen LogP contribution < -0.4 is 20.1 Å². The molecule has 0 spiro atoms. The van der Waals surface area contributed by atoms with Gasteiger partial charge in [0.05, 0.1) is 12.2 Å². The molecule has 0 bridgehead atoms. The van der Waals surface area contributed by atoms with Crippen LogP contribution in [-0.4, -0.2) is 30.4 Å². The van der Waals surface area contributed by atoms with Crippen LogP contribution in [0.3, 0.4) is 0 Å². The maximum Gasteiger partial charge on any atom is 0.341 e. The maximum absolute atomic E-state index is 12.4. The van der Waals surface area contributed by atoms with Crippen molar-refractivity contribution in [3.05, 3.63) is 39.8 Å². The van der Waals surface area contributed by atoms with E-state index in [0.717, 1.165) is 10.4 Å². The van der Waals surface area contributed by atoms with Crippen molar-refractivity contribution in [1.29, 1.82) is 0 Å². The van der Waals surface area contributed by atoms with Crippen LogP contribution in [0.1, 0.15) is 38.1 Å². The van der Waals surface area contributed by atoms with E-state index >= 15 is 0 Å². The van der Waals surface area contributed by atoms with Crippen molar-refractivity contribution in [2.24, 2.45) is 0 Å². The third-order valence-electron chi connectivity index (χ3n) is 3.95. The van der Waals surface area contributed by atoms with Gasteiger partial charge < -0.3 is 19.5 Å². The minimum atomic E-state index is -0.424. The molecule has 2 N–H and O–H groups in total. The Balaban J connectivity index is 1.72. The number of anilines is 1. The highest BCUT2D eigenvalue weighted by Crippen LogP contribution is 2.34. The number of hydrogen-bond acceptors (Lipinski definition) is 7. The van der Waals surface area contributed by atoms with Gasteiger partial charge in [0.25, 0.3) is 5.91 Å². The van der Waals surface area contributed by atoms with Crippen molar-refractivity contribution >= 4 is 45.5 Å². The third-order valence-corrected chi connectivity index (χ3v) is 5.28. The second kappa shape index (κ2) is 7.93. The fourth-order valence-electron chi connectivity index (χ4n) is 2.51. The molecule has 7 nitrogen and oxygen atoms in total. The van der Waals surface area contributed by atoms with E-state index in [0.29, 0.717) is 27.6 Å². The second-order valence-corrected chi connectivity index (χ2v) is 7.32. The van der Waals surface area contributed by atoms with Crippen molar-refractivity contribution in [3.8, 4) is 11.5 Å². The highest BCUT2D eigenvalue weighted by molar-refractivity contribution is 7.80. The molecule has 0 aliphatic carbocycles. The summed E-state index contributed by atoms with van der Waals surface area (Å²) >= 11 is 6.61. The van der Waals surface area contributed by atoms with Crippen LogP contribution in [0.15, 0.2) is 18.2 Å². The molecule has 0 atom stereocenters. The molecule has 1 aliphatic heterocycles. The monoisotopic (exact) mass is 406 g/mol.